The quantitative estimate of drug-likeness (QED) is 0.784. The van der Waals surface area contributed by atoms with Gasteiger partial charge in [-0.05, 0) is 50.5 Å². The Hall–Kier alpha value is -0.380. The van der Waals surface area contributed by atoms with Crippen LogP contribution in [0.25, 0.3) is 0 Å². The van der Waals surface area contributed by atoms with E-state index in [1.807, 2.05) is 37.4 Å². The Kier molecular flexibility index (Phi) is 5.83. The number of hydrogen-bond acceptors (Lipinski definition) is 3. The Morgan fingerprint density at radius 3 is 2.33 bits per heavy atom. The first-order valence-corrected chi connectivity index (χ1v) is 7.92. The summed E-state index contributed by atoms with van der Waals surface area (Å²) in [5, 5.41) is 0.703. The average Bonchev–Trinajstić information content (AvgIpc) is 2.24. The topological polar surface area (TPSA) is 29.5 Å². The molecule has 3 nitrogen and oxygen atoms in total. The van der Waals surface area contributed by atoms with Gasteiger partial charge in [-0.15, -0.1) is 0 Å². The number of hydrogen-bond donors (Lipinski definition) is 0. The van der Waals surface area contributed by atoms with Crippen LogP contribution in [0.2, 0.25) is 0 Å². The second-order valence-corrected chi connectivity index (χ2v) is 7.90. The van der Waals surface area contributed by atoms with Crippen molar-refractivity contribution in [2.24, 2.45) is 5.92 Å². The van der Waals surface area contributed by atoms with Crippen LogP contribution in [0, 0.1) is 5.92 Å². The van der Waals surface area contributed by atoms with E-state index in [9.17, 15) is 4.79 Å². The molecule has 106 valence electrons. The van der Waals surface area contributed by atoms with E-state index in [0.717, 1.165) is 31.8 Å². The van der Waals surface area contributed by atoms with Gasteiger partial charge in [0.1, 0.15) is 5.60 Å². The summed E-state index contributed by atoms with van der Waals surface area (Å²) in [5.41, 5.74) is -0.387. The van der Waals surface area contributed by atoms with Crippen LogP contribution in [-0.4, -0.2) is 40.7 Å². The van der Waals surface area contributed by atoms with Crippen molar-refractivity contribution in [1.29, 1.82) is 0 Å². The molecular formula is C14H27NO2S. The fraction of sp³-hybridized carbons (Fsp3) is 0.929. The molecule has 0 aromatic carbocycles. The predicted molar refractivity (Wildman–Crippen MR) is 78.1 cm³/mol. The SMILES string of the molecule is CC(C)SCC1CCN(C(=O)OC(C)(C)C)CC1. The zero-order valence-corrected chi connectivity index (χ0v) is 13.2. The number of amides is 1. The largest absolute Gasteiger partial charge is 0.444 e. The molecule has 0 aliphatic carbocycles. The predicted octanol–water partition coefficient (Wildman–Crippen LogP) is 3.78. The molecule has 4 heteroatoms. The summed E-state index contributed by atoms with van der Waals surface area (Å²) >= 11 is 2.02. The molecular weight excluding hydrogens is 246 g/mol. The molecule has 1 aliphatic rings. The molecule has 1 aliphatic heterocycles. The Morgan fingerprint density at radius 2 is 1.89 bits per heavy atom. The lowest BCUT2D eigenvalue weighted by Crippen LogP contribution is -2.42. The van der Waals surface area contributed by atoms with Gasteiger partial charge in [0, 0.05) is 13.1 Å². The summed E-state index contributed by atoms with van der Waals surface area (Å²) < 4.78 is 5.39. The lowest BCUT2D eigenvalue weighted by molar-refractivity contribution is 0.0191. The van der Waals surface area contributed by atoms with Crippen LogP contribution in [0.5, 0.6) is 0 Å². The number of rotatable bonds is 3. The second-order valence-electron chi connectivity index (χ2n) is 6.29. The van der Waals surface area contributed by atoms with Crippen LogP contribution >= 0.6 is 11.8 Å². The minimum absolute atomic E-state index is 0.155. The van der Waals surface area contributed by atoms with Gasteiger partial charge < -0.3 is 9.64 Å². The molecule has 0 radical (unpaired) electrons. The third-order valence-electron chi connectivity index (χ3n) is 2.93. The zero-order valence-electron chi connectivity index (χ0n) is 12.4. The molecule has 1 saturated heterocycles. The van der Waals surface area contributed by atoms with E-state index in [0.29, 0.717) is 5.25 Å². The molecule has 0 aromatic heterocycles. The van der Waals surface area contributed by atoms with Crippen LogP contribution in [0.4, 0.5) is 4.79 Å². The summed E-state index contributed by atoms with van der Waals surface area (Å²) in [6.45, 7) is 11.9. The van der Waals surface area contributed by atoms with Crippen molar-refractivity contribution in [1.82, 2.24) is 4.90 Å². The van der Waals surface area contributed by atoms with Gasteiger partial charge >= 0.3 is 6.09 Å². The van der Waals surface area contributed by atoms with Crippen molar-refractivity contribution in [3.05, 3.63) is 0 Å². The minimum atomic E-state index is -0.387. The van der Waals surface area contributed by atoms with Crippen molar-refractivity contribution in [3.63, 3.8) is 0 Å². The van der Waals surface area contributed by atoms with Gasteiger partial charge in [0.15, 0.2) is 0 Å². The molecule has 0 bridgehead atoms. The third kappa shape index (κ3) is 5.98. The fourth-order valence-corrected chi connectivity index (χ4v) is 2.93. The number of thioether (sulfide) groups is 1. The summed E-state index contributed by atoms with van der Waals surface area (Å²) in [4.78, 5) is 13.7. The van der Waals surface area contributed by atoms with Crippen molar-refractivity contribution < 1.29 is 9.53 Å². The molecule has 18 heavy (non-hydrogen) atoms. The fourth-order valence-electron chi connectivity index (χ4n) is 1.94. The molecule has 0 atom stereocenters. The van der Waals surface area contributed by atoms with Gasteiger partial charge in [0.2, 0.25) is 0 Å². The van der Waals surface area contributed by atoms with Crippen molar-refractivity contribution in [2.45, 2.75) is 58.3 Å². The van der Waals surface area contributed by atoms with Crippen LogP contribution in [-0.2, 0) is 4.74 Å². The van der Waals surface area contributed by atoms with E-state index in [-0.39, 0.29) is 11.7 Å². The van der Waals surface area contributed by atoms with Gasteiger partial charge in [-0.2, -0.15) is 11.8 Å². The van der Waals surface area contributed by atoms with Crippen LogP contribution in [0.1, 0.15) is 47.5 Å². The van der Waals surface area contributed by atoms with Crippen molar-refractivity contribution >= 4 is 17.9 Å². The standard InChI is InChI=1S/C14H27NO2S/c1-11(2)18-10-12-6-8-15(9-7-12)13(16)17-14(3,4)5/h11-12H,6-10H2,1-5H3. The van der Waals surface area contributed by atoms with Crippen molar-refractivity contribution in [2.75, 3.05) is 18.8 Å². The normalized spacial score (nSPS) is 18.2. The van der Waals surface area contributed by atoms with E-state index >= 15 is 0 Å². The van der Waals surface area contributed by atoms with Gasteiger partial charge in [-0.1, -0.05) is 13.8 Å². The monoisotopic (exact) mass is 273 g/mol. The molecule has 1 fully saturated rings. The Morgan fingerprint density at radius 1 is 1.33 bits per heavy atom. The Balaban J connectivity index is 2.28. The molecule has 0 saturated carbocycles. The highest BCUT2D eigenvalue weighted by Crippen LogP contribution is 2.24. The highest BCUT2D eigenvalue weighted by Gasteiger charge is 2.26. The van der Waals surface area contributed by atoms with Crippen LogP contribution in [0.3, 0.4) is 0 Å². The van der Waals surface area contributed by atoms with Gasteiger partial charge in [0.25, 0.3) is 0 Å². The second kappa shape index (κ2) is 6.69. The maximum absolute atomic E-state index is 11.9. The highest BCUT2D eigenvalue weighted by atomic mass is 32.2. The number of piperidine rings is 1. The Labute approximate surface area is 116 Å². The minimum Gasteiger partial charge on any atom is -0.444 e. The molecule has 0 spiro atoms. The first-order chi connectivity index (χ1) is 8.28. The van der Waals surface area contributed by atoms with Gasteiger partial charge in [-0.25, -0.2) is 4.79 Å². The van der Waals surface area contributed by atoms with Crippen LogP contribution in [0.15, 0.2) is 0 Å². The molecule has 0 aromatic rings. The van der Waals surface area contributed by atoms with Crippen LogP contribution < -0.4 is 0 Å². The summed E-state index contributed by atoms with van der Waals surface area (Å²) in [6, 6.07) is 0. The summed E-state index contributed by atoms with van der Waals surface area (Å²) in [5.74, 6) is 1.98. The smallest absolute Gasteiger partial charge is 0.410 e. The zero-order chi connectivity index (χ0) is 13.8. The number of carbonyl (C=O) groups excluding carboxylic acids is 1. The maximum atomic E-state index is 11.9. The molecule has 0 unspecified atom stereocenters. The third-order valence-corrected chi connectivity index (χ3v) is 4.26. The first kappa shape index (κ1) is 15.7. The molecule has 1 rings (SSSR count). The molecule has 1 amide bonds. The average molecular weight is 273 g/mol. The summed E-state index contributed by atoms with van der Waals surface area (Å²) in [6.07, 6.45) is 2.07. The number of carbonyl (C=O) groups is 1. The van der Waals surface area contributed by atoms with E-state index < -0.39 is 0 Å². The maximum Gasteiger partial charge on any atom is 0.410 e. The van der Waals surface area contributed by atoms with Gasteiger partial charge in [0.05, 0.1) is 0 Å². The van der Waals surface area contributed by atoms with E-state index in [1.165, 1.54) is 5.75 Å². The van der Waals surface area contributed by atoms with E-state index in [4.69, 9.17) is 4.74 Å². The van der Waals surface area contributed by atoms with Gasteiger partial charge in [-0.3, -0.25) is 0 Å². The molecule has 0 N–H and O–H groups in total. The molecule has 1 heterocycles. The number of likely N-dealkylation sites (tertiary alicyclic amines) is 1. The number of ether oxygens (including phenoxy) is 1. The Bertz CT molecular complexity index is 265. The van der Waals surface area contributed by atoms with Crippen molar-refractivity contribution in [3.8, 4) is 0 Å². The lowest BCUT2D eigenvalue weighted by atomic mass is 9.99. The van der Waals surface area contributed by atoms with E-state index in [1.54, 1.807) is 0 Å². The highest BCUT2D eigenvalue weighted by molar-refractivity contribution is 7.99. The lowest BCUT2D eigenvalue weighted by Gasteiger charge is -2.33. The van der Waals surface area contributed by atoms with E-state index in [2.05, 4.69) is 13.8 Å². The first-order valence-electron chi connectivity index (χ1n) is 6.87. The summed E-state index contributed by atoms with van der Waals surface area (Å²) in [7, 11) is 0. The number of nitrogens with zero attached hydrogens (tertiary/aromatic N) is 1.